The molecular formula is C10H23NS. The van der Waals surface area contributed by atoms with Crippen LogP contribution in [-0.4, -0.2) is 16.5 Å². The Balaban J connectivity index is 3.99. The minimum atomic E-state index is 0.341. The van der Waals surface area contributed by atoms with Crippen molar-refractivity contribution in [2.45, 2.75) is 51.0 Å². The molecule has 2 N–H and O–H groups in total. The van der Waals surface area contributed by atoms with Crippen LogP contribution in [0.1, 0.15) is 41.0 Å². The first-order valence-corrected chi connectivity index (χ1v) is 5.66. The lowest BCUT2D eigenvalue weighted by Crippen LogP contribution is -2.28. The first-order chi connectivity index (χ1) is 5.40. The first kappa shape index (κ1) is 12.3. The summed E-state index contributed by atoms with van der Waals surface area (Å²) >= 11 is 2.01. The largest absolute Gasteiger partial charge is 0.329 e. The van der Waals surface area contributed by atoms with E-state index in [1.165, 1.54) is 6.42 Å². The van der Waals surface area contributed by atoms with Gasteiger partial charge in [0.1, 0.15) is 0 Å². The maximum atomic E-state index is 5.74. The van der Waals surface area contributed by atoms with Crippen molar-refractivity contribution < 1.29 is 0 Å². The molecule has 74 valence electrons. The average Bonchev–Trinajstić information content (AvgIpc) is 1.97. The van der Waals surface area contributed by atoms with Crippen LogP contribution in [0.25, 0.3) is 0 Å². The molecule has 0 saturated heterocycles. The molecule has 0 aromatic rings. The van der Waals surface area contributed by atoms with Crippen molar-refractivity contribution in [3.8, 4) is 0 Å². The van der Waals surface area contributed by atoms with Crippen LogP contribution in [0.2, 0.25) is 0 Å². The smallest absolute Gasteiger partial charge is 0.0200 e. The summed E-state index contributed by atoms with van der Waals surface area (Å²) in [6, 6.07) is 0. The molecule has 0 spiro atoms. The molecule has 0 radical (unpaired) electrons. The van der Waals surface area contributed by atoms with Gasteiger partial charge in [0, 0.05) is 16.5 Å². The molecule has 12 heavy (non-hydrogen) atoms. The van der Waals surface area contributed by atoms with E-state index >= 15 is 0 Å². The highest BCUT2D eigenvalue weighted by Crippen LogP contribution is 2.32. The number of nitrogens with two attached hydrogens (primary N) is 1. The van der Waals surface area contributed by atoms with Crippen molar-refractivity contribution in [1.82, 2.24) is 0 Å². The standard InChI is InChI=1S/C10H23NS/c1-6-8(2)9(7-11)12-10(3,4)5/h8-9H,6-7,11H2,1-5H3. The normalized spacial score (nSPS) is 17.5. The van der Waals surface area contributed by atoms with Crippen LogP contribution in [0.3, 0.4) is 0 Å². The third-order valence-electron chi connectivity index (χ3n) is 2.02. The minimum Gasteiger partial charge on any atom is -0.329 e. The Hall–Kier alpha value is 0.310. The van der Waals surface area contributed by atoms with E-state index in [1.807, 2.05) is 11.8 Å². The van der Waals surface area contributed by atoms with Crippen LogP contribution in [0.15, 0.2) is 0 Å². The third kappa shape index (κ3) is 5.04. The fourth-order valence-corrected chi connectivity index (χ4v) is 2.54. The van der Waals surface area contributed by atoms with Crippen LogP contribution >= 0.6 is 11.8 Å². The van der Waals surface area contributed by atoms with E-state index in [0.717, 1.165) is 12.5 Å². The lowest BCUT2D eigenvalue weighted by atomic mass is 10.1. The van der Waals surface area contributed by atoms with Gasteiger partial charge >= 0.3 is 0 Å². The second-order valence-electron chi connectivity index (χ2n) is 4.39. The molecule has 0 heterocycles. The molecule has 0 aliphatic rings. The summed E-state index contributed by atoms with van der Waals surface area (Å²) in [7, 11) is 0. The highest BCUT2D eigenvalue weighted by molar-refractivity contribution is 8.01. The molecular weight excluding hydrogens is 166 g/mol. The zero-order valence-electron chi connectivity index (χ0n) is 9.05. The van der Waals surface area contributed by atoms with Crippen molar-refractivity contribution in [3.63, 3.8) is 0 Å². The Morgan fingerprint density at radius 1 is 1.33 bits per heavy atom. The zero-order chi connectivity index (χ0) is 9.78. The van der Waals surface area contributed by atoms with Gasteiger partial charge in [-0.15, -0.1) is 0 Å². The highest BCUT2D eigenvalue weighted by Gasteiger charge is 2.21. The first-order valence-electron chi connectivity index (χ1n) is 4.78. The van der Waals surface area contributed by atoms with Crippen LogP contribution in [0, 0.1) is 5.92 Å². The third-order valence-corrected chi connectivity index (χ3v) is 3.68. The van der Waals surface area contributed by atoms with Gasteiger partial charge in [0.15, 0.2) is 0 Å². The topological polar surface area (TPSA) is 26.0 Å². The van der Waals surface area contributed by atoms with E-state index in [0.29, 0.717) is 10.00 Å². The van der Waals surface area contributed by atoms with Crippen LogP contribution in [0.5, 0.6) is 0 Å². The van der Waals surface area contributed by atoms with Gasteiger partial charge < -0.3 is 5.73 Å². The number of thioether (sulfide) groups is 1. The van der Waals surface area contributed by atoms with Crippen molar-refractivity contribution >= 4 is 11.8 Å². The zero-order valence-corrected chi connectivity index (χ0v) is 9.87. The van der Waals surface area contributed by atoms with E-state index < -0.39 is 0 Å². The maximum absolute atomic E-state index is 5.74. The van der Waals surface area contributed by atoms with Crippen LogP contribution < -0.4 is 5.73 Å². The highest BCUT2D eigenvalue weighted by atomic mass is 32.2. The number of hydrogen-bond acceptors (Lipinski definition) is 2. The van der Waals surface area contributed by atoms with Crippen molar-refractivity contribution in [2.24, 2.45) is 11.7 Å². The lowest BCUT2D eigenvalue weighted by molar-refractivity contribution is 0.534. The molecule has 2 unspecified atom stereocenters. The molecule has 0 saturated carbocycles. The lowest BCUT2D eigenvalue weighted by Gasteiger charge is -2.28. The van der Waals surface area contributed by atoms with Gasteiger partial charge in [0.05, 0.1) is 0 Å². The molecule has 0 bridgehead atoms. The van der Waals surface area contributed by atoms with Gasteiger partial charge in [-0.25, -0.2) is 0 Å². The minimum absolute atomic E-state index is 0.341. The van der Waals surface area contributed by atoms with Crippen molar-refractivity contribution in [2.75, 3.05) is 6.54 Å². The van der Waals surface area contributed by atoms with Crippen LogP contribution in [0.4, 0.5) is 0 Å². The summed E-state index contributed by atoms with van der Waals surface area (Å²) in [5.74, 6) is 0.735. The molecule has 1 nitrogen and oxygen atoms in total. The molecule has 0 aromatic heterocycles. The molecule has 2 heteroatoms. The van der Waals surface area contributed by atoms with Gasteiger partial charge in [-0.3, -0.25) is 0 Å². The Morgan fingerprint density at radius 2 is 1.83 bits per heavy atom. The number of hydrogen-bond donors (Lipinski definition) is 1. The SMILES string of the molecule is CCC(C)C(CN)SC(C)(C)C. The van der Waals surface area contributed by atoms with Crippen LogP contribution in [-0.2, 0) is 0 Å². The quantitative estimate of drug-likeness (QED) is 0.736. The van der Waals surface area contributed by atoms with E-state index in [1.54, 1.807) is 0 Å². The molecule has 0 amide bonds. The Labute approximate surface area is 81.5 Å². The van der Waals surface area contributed by atoms with Gasteiger partial charge in [-0.05, 0) is 5.92 Å². The predicted octanol–water partition coefficient (Wildman–Crippen LogP) is 2.89. The molecule has 0 fully saturated rings. The summed E-state index contributed by atoms with van der Waals surface area (Å²) < 4.78 is 0.341. The van der Waals surface area contributed by atoms with Crippen molar-refractivity contribution in [3.05, 3.63) is 0 Å². The Bertz CT molecular complexity index is 117. The summed E-state index contributed by atoms with van der Waals surface area (Å²) in [6.07, 6.45) is 1.23. The second kappa shape index (κ2) is 5.13. The van der Waals surface area contributed by atoms with Gasteiger partial charge in [0.25, 0.3) is 0 Å². The second-order valence-corrected chi connectivity index (χ2v) is 6.46. The monoisotopic (exact) mass is 189 g/mol. The maximum Gasteiger partial charge on any atom is 0.0200 e. The van der Waals surface area contributed by atoms with Gasteiger partial charge in [-0.2, -0.15) is 11.8 Å². The molecule has 0 rings (SSSR count). The predicted molar refractivity (Wildman–Crippen MR) is 59.6 cm³/mol. The van der Waals surface area contributed by atoms with Crippen molar-refractivity contribution in [1.29, 1.82) is 0 Å². The summed E-state index contributed by atoms with van der Waals surface area (Å²) in [4.78, 5) is 0. The molecule has 0 aliphatic heterocycles. The summed E-state index contributed by atoms with van der Waals surface area (Å²) in [6.45, 7) is 12.1. The summed E-state index contributed by atoms with van der Waals surface area (Å²) in [5, 5.41) is 0.620. The fourth-order valence-electron chi connectivity index (χ4n) is 1.11. The number of rotatable bonds is 4. The Morgan fingerprint density at radius 3 is 2.08 bits per heavy atom. The van der Waals surface area contributed by atoms with Gasteiger partial charge in [0.2, 0.25) is 0 Å². The Kier molecular flexibility index (Phi) is 5.26. The summed E-state index contributed by atoms with van der Waals surface area (Å²) in [5.41, 5.74) is 5.74. The molecule has 0 aromatic carbocycles. The van der Waals surface area contributed by atoms with E-state index in [2.05, 4.69) is 34.6 Å². The molecule has 2 atom stereocenters. The molecule has 0 aliphatic carbocycles. The van der Waals surface area contributed by atoms with Gasteiger partial charge in [-0.1, -0.05) is 41.0 Å². The fraction of sp³-hybridized carbons (Fsp3) is 1.00. The average molecular weight is 189 g/mol. The van der Waals surface area contributed by atoms with E-state index in [-0.39, 0.29) is 0 Å². The van der Waals surface area contributed by atoms with E-state index in [4.69, 9.17) is 5.73 Å². The van der Waals surface area contributed by atoms with E-state index in [9.17, 15) is 0 Å².